The number of nitrogens with zero attached hydrogens (tertiary/aromatic N) is 2. The van der Waals surface area contributed by atoms with Crippen LogP contribution in [0.25, 0.3) is 0 Å². The molecule has 0 atom stereocenters. The van der Waals surface area contributed by atoms with Crippen LogP contribution in [0.4, 0.5) is 0 Å². The van der Waals surface area contributed by atoms with Crippen molar-refractivity contribution < 1.29 is 4.74 Å². The van der Waals surface area contributed by atoms with Gasteiger partial charge in [-0.25, -0.2) is 0 Å². The number of aryl methyl sites for hydroxylation is 1. The molecule has 2 rings (SSSR count). The molecule has 12 heavy (non-hydrogen) atoms. The van der Waals surface area contributed by atoms with Crippen molar-refractivity contribution in [2.75, 3.05) is 13.7 Å². The van der Waals surface area contributed by atoms with Crippen molar-refractivity contribution in [1.82, 2.24) is 15.1 Å². The molecule has 4 heteroatoms. The number of hydrogen-bond acceptors (Lipinski definition) is 3. The SMILES string of the molecule is COc1nn(C)c2c1CCNC2. The molecule has 0 unspecified atom stereocenters. The molecule has 4 nitrogen and oxygen atoms in total. The zero-order chi connectivity index (χ0) is 8.55. The van der Waals surface area contributed by atoms with Gasteiger partial charge in [0.05, 0.1) is 12.8 Å². The molecule has 1 aromatic heterocycles. The van der Waals surface area contributed by atoms with Gasteiger partial charge in [0.15, 0.2) is 0 Å². The topological polar surface area (TPSA) is 39.1 Å². The molecule has 0 saturated heterocycles. The quantitative estimate of drug-likeness (QED) is 0.643. The Morgan fingerprint density at radius 1 is 1.58 bits per heavy atom. The highest BCUT2D eigenvalue weighted by atomic mass is 16.5. The van der Waals surface area contributed by atoms with E-state index in [1.54, 1.807) is 7.11 Å². The largest absolute Gasteiger partial charge is 0.480 e. The molecule has 1 aliphatic heterocycles. The Balaban J connectivity index is 2.47. The molecule has 0 aromatic carbocycles. The summed E-state index contributed by atoms with van der Waals surface area (Å²) in [6.07, 6.45) is 1.02. The Morgan fingerprint density at radius 2 is 2.42 bits per heavy atom. The van der Waals surface area contributed by atoms with E-state index in [1.807, 2.05) is 11.7 Å². The summed E-state index contributed by atoms with van der Waals surface area (Å²) in [6, 6.07) is 0. The van der Waals surface area contributed by atoms with E-state index < -0.39 is 0 Å². The Bertz CT molecular complexity index is 293. The molecule has 0 fully saturated rings. The molecular weight excluding hydrogens is 154 g/mol. The third-order valence-electron chi connectivity index (χ3n) is 2.28. The van der Waals surface area contributed by atoms with Gasteiger partial charge in [-0.1, -0.05) is 0 Å². The number of methoxy groups -OCH3 is 1. The average Bonchev–Trinajstić information content (AvgIpc) is 2.44. The Kier molecular flexibility index (Phi) is 1.77. The van der Waals surface area contributed by atoms with E-state index >= 15 is 0 Å². The lowest BCUT2D eigenvalue weighted by molar-refractivity contribution is 0.387. The summed E-state index contributed by atoms with van der Waals surface area (Å²) in [5.74, 6) is 0.786. The lowest BCUT2D eigenvalue weighted by Crippen LogP contribution is -2.24. The van der Waals surface area contributed by atoms with Gasteiger partial charge in [0.1, 0.15) is 0 Å². The van der Waals surface area contributed by atoms with Crippen LogP contribution in [-0.4, -0.2) is 23.4 Å². The second-order valence-electron chi connectivity index (χ2n) is 2.98. The van der Waals surface area contributed by atoms with Crippen LogP contribution in [-0.2, 0) is 20.0 Å². The summed E-state index contributed by atoms with van der Waals surface area (Å²) >= 11 is 0. The summed E-state index contributed by atoms with van der Waals surface area (Å²) in [6.45, 7) is 1.93. The maximum atomic E-state index is 5.17. The normalized spacial score (nSPS) is 15.8. The van der Waals surface area contributed by atoms with Crippen LogP contribution in [0.5, 0.6) is 5.88 Å². The van der Waals surface area contributed by atoms with Gasteiger partial charge in [-0.05, 0) is 13.0 Å². The Morgan fingerprint density at radius 3 is 3.17 bits per heavy atom. The first-order valence-electron chi connectivity index (χ1n) is 4.12. The third-order valence-corrected chi connectivity index (χ3v) is 2.28. The van der Waals surface area contributed by atoms with Crippen molar-refractivity contribution >= 4 is 0 Å². The van der Waals surface area contributed by atoms with Gasteiger partial charge in [-0.3, -0.25) is 4.68 Å². The van der Waals surface area contributed by atoms with Gasteiger partial charge in [-0.2, -0.15) is 0 Å². The van der Waals surface area contributed by atoms with Crippen LogP contribution >= 0.6 is 0 Å². The fourth-order valence-corrected chi connectivity index (χ4v) is 1.63. The molecule has 0 spiro atoms. The summed E-state index contributed by atoms with van der Waals surface area (Å²) < 4.78 is 7.06. The highest BCUT2D eigenvalue weighted by molar-refractivity contribution is 5.33. The number of hydrogen-bond donors (Lipinski definition) is 1. The molecular formula is C8H13N3O. The summed E-state index contributed by atoms with van der Waals surface area (Å²) in [5, 5.41) is 7.57. The van der Waals surface area contributed by atoms with Gasteiger partial charge >= 0.3 is 0 Å². The van der Waals surface area contributed by atoms with E-state index in [9.17, 15) is 0 Å². The standard InChI is InChI=1S/C8H13N3O/c1-11-7-5-9-4-3-6(7)8(10-11)12-2/h9H,3-5H2,1-2H3. The fraction of sp³-hybridized carbons (Fsp3) is 0.625. The zero-order valence-corrected chi connectivity index (χ0v) is 7.42. The molecule has 0 bridgehead atoms. The van der Waals surface area contributed by atoms with Gasteiger partial charge in [-0.15, -0.1) is 5.10 Å². The number of fused-ring (bicyclic) bond motifs is 1. The van der Waals surface area contributed by atoms with Crippen LogP contribution in [0.3, 0.4) is 0 Å². The van der Waals surface area contributed by atoms with Gasteiger partial charge < -0.3 is 10.1 Å². The molecule has 1 N–H and O–H groups in total. The highest BCUT2D eigenvalue weighted by Gasteiger charge is 2.18. The number of ether oxygens (including phenoxy) is 1. The predicted octanol–water partition coefficient (Wildman–Crippen LogP) is 0.0744. The van der Waals surface area contributed by atoms with Crippen LogP contribution in [0, 0.1) is 0 Å². The molecule has 2 heterocycles. The van der Waals surface area contributed by atoms with E-state index in [0.29, 0.717) is 0 Å². The van der Waals surface area contributed by atoms with Crippen molar-refractivity contribution in [2.24, 2.45) is 7.05 Å². The van der Waals surface area contributed by atoms with E-state index in [1.165, 1.54) is 11.3 Å². The molecule has 0 radical (unpaired) electrons. The molecule has 1 aliphatic rings. The van der Waals surface area contributed by atoms with E-state index in [-0.39, 0.29) is 0 Å². The number of nitrogens with one attached hydrogen (secondary N) is 1. The lowest BCUT2D eigenvalue weighted by atomic mass is 10.1. The van der Waals surface area contributed by atoms with E-state index in [0.717, 1.165) is 25.4 Å². The predicted molar refractivity (Wildman–Crippen MR) is 45.2 cm³/mol. The maximum Gasteiger partial charge on any atom is 0.236 e. The highest BCUT2D eigenvalue weighted by Crippen LogP contribution is 2.22. The first kappa shape index (κ1) is 7.61. The maximum absolute atomic E-state index is 5.17. The third kappa shape index (κ3) is 0.992. The Hall–Kier alpha value is -1.03. The number of aromatic nitrogens is 2. The fourth-order valence-electron chi connectivity index (χ4n) is 1.63. The molecule has 0 saturated carbocycles. The van der Waals surface area contributed by atoms with Crippen molar-refractivity contribution in [2.45, 2.75) is 13.0 Å². The summed E-state index contributed by atoms with van der Waals surface area (Å²) in [7, 11) is 3.62. The summed E-state index contributed by atoms with van der Waals surface area (Å²) in [5.41, 5.74) is 2.51. The van der Waals surface area contributed by atoms with Gasteiger partial charge in [0, 0.05) is 19.2 Å². The minimum atomic E-state index is 0.786. The van der Waals surface area contributed by atoms with Gasteiger partial charge in [0.25, 0.3) is 0 Å². The smallest absolute Gasteiger partial charge is 0.236 e. The van der Waals surface area contributed by atoms with Crippen molar-refractivity contribution in [3.05, 3.63) is 11.3 Å². The first-order chi connectivity index (χ1) is 5.83. The first-order valence-corrected chi connectivity index (χ1v) is 4.12. The number of rotatable bonds is 1. The second kappa shape index (κ2) is 2.79. The van der Waals surface area contributed by atoms with Gasteiger partial charge in [0.2, 0.25) is 5.88 Å². The Labute approximate surface area is 71.5 Å². The van der Waals surface area contributed by atoms with Crippen molar-refractivity contribution in [3.8, 4) is 5.88 Å². The molecule has 0 amide bonds. The average molecular weight is 167 g/mol. The van der Waals surface area contributed by atoms with E-state index in [2.05, 4.69) is 10.4 Å². The minimum absolute atomic E-state index is 0.786. The van der Waals surface area contributed by atoms with Crippen LogP contribution in [0.1, 0.15) is 11.3 Å². The van der Waals surface area contributed by atoms with Crippen molar-refractivity contribution in [3.63, 3.8) is 0 Å². The second-order valence-corrected chi connectivity index (χ2v) is 2.98. The van der Waals surface area contributed by atoms with Crippen LogP contribution in [0.2, 0.25) is 0 Å². The zero-order valence-electron chi connectivity index (χ0n) is 7.42. The molecule has 0 aliphatic carbocycles. The lowest BCUT2D eigenvalue weighted by Gasteiger charge is -2.13. The van der Waals surface area contributed by atoms with Crippen LogP contribution < -0.4 is 10.1 Å². The van der Waals surface area contributed by atoms with E-state index in [4.69, 9.17) is 4.74 Å². The summed E-state index contributed by atoms with van der Waals surface area (Å²) in [4.78, 5) is 0. The molecule has 1 aromatic rings. The van der Waals surface area contributed by atoms with Crippen molar-refractivity contribution in [1.29, 1.82) is 0 Å². The minimum Gasteiger partial charge on any atom is -0.480 e. The molecule has 66 valence electrons. The van der Waals surface area contributed by atoms with Crippen LogP contribution in [0.15, 0.2) is 0 Å². The monoisotopic (exact) mass is 167 g/mol.